The Morgan fingerprint density at radius 3 is 2.56 bits per heavy atom. The van der Waals surface area contributed by atoms with Gasteiger partial charge in [-0.05, 0) is 43.5 Å². The lowest BCUT2D eigenvalue weighted by Crippen LogP contribution is -2.06. The highest BCUT2D eigenvalue weighted by molar-refractivity contribution is 9.10. The number of hydrogen-bond donors (Lipinski definition) is 1. The average Bonchev–Trinajstić information content (AvgIpc) is 2.22. The van der Waals surface area contributed by atoms with Gasteiger partial charge in [0.15, 0.2) is 0 Å². The molecule has 0 radical (unpaired) electrons. The highest BCUT2D eigenvalue weighted by Crippen LogP contribution is 2.31. The van der Waals surface area contributed by atoms with Crippen LogP contribution in [-0.4, -0.2) is 17.7 Å². The number of carboxylic acids is 1. The van der Waals surface area contributed by atoms with Gasteiger partial charge in [-0.25, -0.2) is 0 Å². The first kappa shape index (κ1) is 13.0. The lowest BCUT2D eigenvalue weighted by Gasteiger charge is -2.13. The molecule has 0 unspecified atom stereocenters. The van der Waals surface area contributed by atoms with E-state index in [0.717, 1.165) is 26.9 Å². The molecule has 16 heavy (non-hydrogen) atoms. The van der Waals surface area contributed by atoms with Crippen molar-refractivity contribution in [1.82, 2.24) is 0 Å². The summed E-state index contributed by atoms with van der Waals surface area (Å²) in [5.74, 6) is -0.0809. The van der Waals surface area contributed by atoms with Crippen molar-refractivity contribution in [3.8, 4) is 5.75 Å². The molecule has 0 aliphatic heterocycles. The monoisotopic (exact) mass is 286 g/mol. The Morgan fingerprint density at radius 2 is 2.00 bits per heavy atom. The van der Waals surface area contributed by atoms with E-state index in [1.54, 1.807) is 0 Å². The fraction of sp³-hybridized carbons (Fsp3) is 0.417. The Labute approximate surface area is 104 Å². The van der Waals surface area contributed by atoms with Crippen molar-refractivity contribution < 1.29 is 14.6 Å². The molecule has 0 fully saturated rings. The summed E-state index contributed by atoms with van der Waals surface area (Å²) in [4.78, 5) is 10.4. The Hall–Kier alpha value is -1.03. The number of hydrogen-bond acceptors (Lipinski definition) is 2. The minimum Gasteiger partial charge on any atom is -0.493 e. The molecule has 1 N–H and O–H groups in total. The van der Waals surface area contributed by atoms with Crippen LogP contribution in [0.3, 0.4) is 0 Å². The molecule has 0 saturated heterocycles. The molecular weight excluding hydrogens is 272 g/mol. The van der Waals surface area contributed by atoms with E-state index in [4.69, 9.17) is 9.84 Å². The first-order valence-corrected chi connectivity index (χ1v) is 5.83. The fourth-order valence-corrected chi connectivity index (χ4v) is 1.82. The van der Waals surface area contributed by atoms with Crippen molar-refractivity contribution in [2.24, 2.45) is 0 Å². The number of carboxylic acid groups (broad SMARTS) is 1. The lowest BCUT2D eigenvalue weighted by atomic mass is 10.1. The van der Waals surface area contributed by atoms with E-state index in [9.17, 15) is 4.79 Å². The number of aliphatic carboxylic acids is 1. The smallest absolute Gasteiger partial charge is 0.306 e. The van der Waals surface area contributed by atoms with E-state index < -0.39 is 5.97 Å². The van der Waals surface area contributed by atoms with Crippen LogP contribution in [0.2, 0.25) is 0 Å². The van der Waals surface area contributed by atoms with Gasteiger partial charge >= 0.3 is 5.97 Å². The molecule has 1 rings (SSSR count). The van der Waals surface area contributed by atoms with E-state index in [1.165, 1.54) is 0 Å². The zero-order valence-electron chi connectivity index (χ0n) is 9.63. The minimum atomic E-state index is -0.844. The van der Waals surface area contributed by atoms with Gasteiger partial charge in [-0.2, -0.15) is 0 Å². The molecule has 0 aliphatic rings. The molecule has 0 heterocycles. The SMILES string of the molecule is Cc1cc(OCCC(=O)O)c(C)c(C)c1Br. The second-order valence-electron chi connectivity index (χ2n) is 3.75. The third kappa shape index (κ3) is 2.98. The van der Waals surface area contributed by atoms with Crippen molar-refractivity contribution >= 4 is 21.9 Å². The van der Waals surface area contributed by atoms with Crippen LogP contribution in [0.15, 0.2) is 10.5 Å². The summed E-state index contributed by atoms with van der Waals surface area (Å²) in [7, 11) is 0. The predicted molar refractivity (Wildman–Crippen MR) is 66.1 cm³/mol. The second kappa shape index (κ2) is 5.34. The fourth-order valence-electron chi connectivity index (χ4n) is 1.41. The molecule has 0 spiro atoms. The van der Waals surface area contributed by atoms with Crippen LogP contribution in [0.5, 0.6) is 5.75 Å². The van der Waals surface area contributed by atoms with Gasteiger partial charge in [-0.3, -0.25) is 4.79 Å². The zero-order chi connectivity index (χ0) is 12.3. The van der Waals surface area contributed by atoms with Gasteiger partial charge in [0, 0.05) is 4.47 Å². The van der Waals surface area contributed by atoms with Gasteiger partial charge in [0.1, 0.15) is 5.75 Å². The molecule has 1 aromatic carbocycles. The van der Waals surface area contributed by atoms with Crippen molar-refractivity contribution in [2.45, 2.75) is 27.2 Å². The number of carbonyl (C=O) groups is 1. The summed E-state index contributed by atoms with van der Waals surface area (Å²) in [6.07, 6.45) is 0.0214. The Kier molecular flexibility index (Phi) is 4.35. The van der Waals surface area contributed by atoms with Crippen LogP contribution in [0, 0.1) is 20.8 Å². The van der Waals surface area contributed by atoms with E-state index in [0.29, 0.717) is 0 Å². The molecule has 1 aromatic rings. The predicted octanol–water partition coefficient (Wildman–Crippen LogP) is 3.23. The molecule has 0 atom stereocenters. The minimum absolute atomic E-state index is 0.0214. The average molecular weight is 287 g/mol. The van der Waals surface area contributed by atoms with E-state index >= 15 is 0 Å². The molecule has 4 heteroatoms. The molecular formula is C12H15BrO3. The molecule has 0 amide bonds. The normalized spacial score (nSPS) is 10.2. The maximum atomic E-state index is 10.4. The van der Waals surface area contributed by atoms with E-state index in [-0.39, 0.29) is 13.0 Å². The summed E-state index contributed by atoms with van der Waals surface area (Å²) in [6, 6.07) is 1.92. The first-order chi connectivity index (χ1) is 7.43. The Morgan fingerprint density at radius 1 is 1.38 bits per heavy atom. The number of rotatable bonds is 4. The largest absolute Gasteiger partial charge is 0.493 e. The highest BCUT2D eigenvalue weighted by Gasteiger charge is 2.09. The van der Waals surface area contributed by atoms with Gasteiger partial charge in [-0.1, -0.05) is 15.9 Å². The van der Waals surface area contributed by atoms with Gasteiger partial charge in [0.05, 0.1) is 13.0 Å². The van der Waals surface area contributed by atoms with Crippen LogP contribution < -0.4 is 4.74 Å². The number of benzene rings is 1. The van der Waals surface area contributed by atoms with Crippen LogP contribution in [0.1, 0.15) is 23.1 Å². The molecule has 3 nitrogen and oxygen atoms in total. The topological polar surface area (TPSA) is 46.5 Å². The third-order valence-electron chi connectivity index (χ3n) is 2.53. The first-order valence-electron chi connectivity index (χ1n) is 5.04. The number of aryl methyl sites for hydroxylation is 1. The third-order valence-corrected chi connectivity index (χ3v) is 3.75. The lowest BCUT2D eigenvalue weighted by molar-refractivity contribution is -0.137. The maximum Gasteiger partial charge on any atom is 0.306 e. The van der Waals surface area contributed by atoms with Crippen molar-refractivity contribution in [2.75, 3.05) is 6.61 Å². The standard InChI is InChI=1S/C12H15BrO3/c1-7-6-10(16-5-4-11(14)15)8(2)9(3)12(7)13/h6H,4-5H2,1-3H3,(H,14,15). The summed E-state index contributed by atoms with van der Waals surface area (Å²) in [6.45, 7) is 6.17. The Balaban J connectivity index is 2.85. The zero-order valence-corrected chi connectivity index (χ0v) is 11.2. The van der Waals surface area contributed by atoms with Crippen molar-refractivity contribution in [3.05, 3.63) is 27.2 Å². The maximum absolute atomic E-state index is 10.4. The summed E-state index contributed by atoms with van der Waals surface area (Å²) >= 11 is 3.51. The molecule has 0 aliphatic carbocycles. The quantitative estimate of drug-likeness (QED) is 0.924. The van der Waals surface area contributed by atoms with E-state index in [1.807, 2.05) is 26.8 Å². The van der Waals surface area contributed by atoms with Crippen LogP contribution in [-0.2, 0) is 4.79 Å². The Bertz CT molecular complexity index is 413. The van der Waals surface area contributed by atoms with Gasteiger partial charge in [-0.15, -0.1) is 0 Å². The van der Waals surface area contributed by atoms with Gasteiger partial charge < -0.3 is 9.84 Å². The number of halogens is 1. The summed E-state index contributed by atoms with van der Waals surface area (Å²) in [5.41, 5.74) is 3.27. The molecule has 88 valence electrons. The molecule has 0 bridgehead atoms. The van der Waals surface area contributed by atoms with Crippen molar-refractivity contribution in [3.63, 3.8) is 0 Å². The van der Waals surface area contributed by atoms with Crippen LogP contribution in [0.4, 0.5) is 0 Å². The summed E-state index contributed by atoms with van der Waals surface area (Å²) < 4.78 is 6.54. The van der Waals surface area contributed by atoms with Crippen LogP contribution >= 0.6 is 15.9 Å². The van der Waals surface area contributed by atoms with Gasteiger partial charge in [0.25, 0.3) is 0 Å². The number of ether oxygens (including phenoxy) is 1. The summed E-state index contributed by atoms with van der Waals surface area (Å²) in [5, 5.41) is 8.53. The van der Waals surface area contributed by atoms with E-state index in [2.05, 4.69) is 15.9 Å². The van der Waals surface area contributed by atoms with Crippen molar-refractivity contribution in [1.29, 1.82) is 0 Å². The second-order valence-corrected chi connectivity index (χ2v) is 4.54. The highest BCUT2D eigenvalue weighted by atomic mass is 79.9. The molecule has 0 aromatic heterocycles. The molecule has 0 saturated carbocycles. The van der Waals surface area contributed by atoms with Gasteiger partial charge in [0.2, 0.25) is 0 Å². The van der Waals surface area contributed by atoms with Crippen LogP contribution in [0.25, 0.3) is 0 Å².